The number of nitrogens with two attached hydrogens (primary N) is 1. The number of nitrogen functional groups attached to an aromatic ring is 1. The first-order valence-electron chi connectivity index (χ1n) is 5.16. The van der Waals surface area contributed by atoms with Crippen LogP contribution in [0.4, 0.5) is 5.69 Å². The molecule has 0 aliphatic rings. The molecular weight excluding hydrogens is 309 g/mol. The predicted octanol–water partition coefficient (Wildman–Crippen LogP) is 5.69. The molecule has 0 spiro atoms. The average molecular weight is 319 g/mol. The molecule has 0 amide bonds. The van der Waals surface area contributed by atoms with Crippen molar-refractivity contribution in [1.29, 1.82) is 0 Å². The molecule has 0 aliphatic heterocycles. The highest BCUT2D eigenvalue weighted by atomic mass is 35.5. The van der Waals surface area contributed by atoms with Gasteiger partial charge < -0.3 is 5.73 Å². The normalized spacial score (nSPS) is 10.7. The highest BCUT2D eigenvalue weighted by molar-refractivity contribution is 7.99. The molecule has 18 heavy (non-hydrogen) atoms. The lowest BCUT2D eigenvalue weighted by Crippen LogP contribution is -1.89. The van der Waals surface area contributed by atoms with Crippen molar-refractivity contribution in [3.8, 4) is 0 Å². The van der Waals surface area contributed by atoms with E-state index in [1.54, 1.807) is 12.1 Å². The van der Waals surface area contributed by atoms with Crippen molar-refractivity contribution in [3.63, 3.8) is 0 Å². The van der Waals surface area contributed by atoms with Crippen LogP contribution < -0.4 is 5.73 Å². The van der Waals surface area contributed by atoms with E-state index in [2.05, 4.69) is 0 Å². The molecule has 0 fully saturated rings. The third kappa shape index (κ3) is 3.07. The number of aryl methyl sites for hydroxylation is 1. The Morgan fingerprint density at radius 3 is 2.39 bits per heavy atom. The molecule has 5 heteroatoms. The summed E-state index contributed by atoms with van der Waals surface area (Å²) in [6, 6.07) is 9.06. The average Bonchev–Trinajstić information content (AvgIpc) is 2.30. The van der Waals surface area contributed by atoms with Crippen LogP contribution in [0.3, 0.4) is 0 Å². The summed E-state index contributed by atoms with van der Waals surface area (Å²) in [4.78, 5) is 1.91. The monoisotopic (exact) mass is 317 g/mol. The molecular formula is C13H10Cl3NS. The van der Waals surface area contributed by atoms with Crippen LogP contribution in [0.25, 0.3) is 0 Å². The Balaban J connectivity index is 2.40. The smallest absolute Gasteiger partial charge is 0.0646 e. The molecule has 1 nitrogen and oxygen atoms in total. The lowest BCUT2D eigenvalue weighted by molar-refractivity contribution is 1.29. The first kappa shape index (κ1) is 13.9. The number of benzene rings is 2. The number of hydrogen-bond acceptors (Lipinski definition) is 2. The minimum Gasteiger partial charge on any atom is -0.398 e. The fourth-order valence-electron chi connectivity index (χ4n) is 1.47. The summed E-state index contributed by atoms with van der Waals surface area (Å²) in [5.74, 6) is 0. The Kier molecular flexibility index (Phi) is 4.33. The van der Waals surface area contributed by atoms with E-state index >= 15 is 0 Å². The summed E-state index contributed by atoms with van der Waals surface area (Å²) in [7, 11) is 0. The van der Waals surface area contributed by atoms with Gasteiger partial charge in [0.2, 0.25) is 0 Å². The van der Waals surface area contributed by atoms with E-state index in [4.69, 9.17) is 40.5 Å². The topological polar surface area (TPSA) is 26.0 Å². The van der Waals surface area contributed by atoms with Gasteiger partial charge in [-0.15, -0.1) is 0 Å². The van der Waals surface area contributed by atoms with Crippen LogP contribution in [-0.4, -0.2) is 0 Å². The van der Waals surface area contributed by atoms with Crippen LogP contribution in [0.1, 0.15) is 5.56 Å². The van der Waals surface area contributed by atoms with E-state index in [-0.39, 0.29) is 0 Å². The second-order valence-corrected chi connectivity index (χ2v) is 6.15. The number of halogens is 3. The molecule has 0 atom stereocenters. The minimum atomic E-state index is 0.543. The Labute approximate surface area is 125 Å². The lowest BCUT2D eigenvalue weighted by atomic mass is 10.2. The molecule has 2 rings (SSSR count). The van der Waals surface area contributed by atoms with Crippen LogP contribution in [-0.2, 0) is 0 Å². The van der Waals surface area contributed by atoms with Crippen molar-refractivity contribution in [2.24, 2.45) is 0 Å². The van der Waals surface area contributed by atoms with Crippen molar-refractivity contribution in [1.82, 2.24) is 0 Å². The molecule has 0 aliphatic carbocycles. The molecule has 0 unspecified atom stereocenters. The van der Waals surface area contributed by atoms with E-state index < -0.39 is 0 Å². The van der Waals surface area contributed by atoms with E-state index in [0.29, 0.717) is 20.8 Å². The summed E-state index contributed by atoms with van der Waals surface area (Å²) >= 11 is 19.6. The fraction of sp³-hybridized carbons (Fsp3) is 0.0769. The second-order valence-electron chi connectivity index (χ2n) is 3.82. The van der Waals surface area contributed by atoms with Gasteiger partial charge in [0, 0.05) is 14.8 Å². The van der Waals surface area contributed by atoms with Gasteiger partial charge in [-0.2, -0.15) is 0 Å². The summed E-state index contributed by atoms with van der Waals surface area (Å²) in [6.07, 6.45) is 0. The lowest BCUT2D eigenvalue weighted by Gasteiger charge is -2.09. The van der Waals surface area contributed by atoms with E-state index in [0.717, 1.165) is 15.4 Å². The molecule has 2 N–H and O–H groups in total. The molecule has 0 saturated heterocycles. The van der Waals surface area contributed by atoms with Crippen molar-refractivity contribution >= 4 is 52.3 Å². The van der Waals surface area contributed by atoms with Crippen LogP contribution >= 0.6 is 46.6 Å². The zero-order valence-electron chi connectivity index (χ0n) is 9.51. The van der Waals surface area contributed by atoms with Gasteiger partial charge in [0.15, 0.2) is 0 Å². The largest absolute Gasteiger partial charge is 0.398 e. The van der Waals surface area contributed by atoms with Crippen LogP contribution in [0.5, 0.6) is 0 Å². The maximum absolute atomic E-state index is 6.13. The predicted molar refractivity (Wildman–Crippen MR) is 81.2 cm³/mol. The van der Waals surface area contributed by atoms with Crippen LogP contribution in [0, 0.1) is 6.92 Å². The standard InChI is InChI=1S/C13H10Cl3NS/c1-7-4-11(17)10(16)6-12(7)18-13-5-8(14)2-3-9(13)15/h2-6H,17H2,1H3. The van der Waals surface area contributed by atoms with Crippen LogP contribution in [0.2, 0.25) is 15.1 Å². The molecule has 0 heterocycles. The minimum absolute atomic E-state index is 0.543. The van der Waals surface area contributed by atoms with Crippen molar-refractivity contribution < 1.29 is 0 Å². The van der Waals surface area contributed by atoms with Crippen LogP contribution in [0.15, 0.2) is 40.1 Å². The van der Waals surface area contributed by atoms with Crippen molar-refractivity contribution in [2.45, 2.75) is 16.7 Å². The van der Waals surface area contributed by atoms with Gasteiger partial charge in [0.25, 0.3) is 0 Å². The van der Waals surface area contributed by atoms with E-state index in [9.17, 15) is 0 Å². The van der Waals surface area contributed by atoms with E-state index in [1.807, 2.05) is 25.1 Å². The molecule has 2 aromatic carbocycles. The first-order valence-corrected chi connectivity index (χ1v) is 7.11. The summed E-state index contributed by atoms with van der Waals surface area (Å²) < 4.78 is 0. The van der Waals surface area contributed by atoms with Crippen molar-refractivity contribution in [2.75, 3.05) is 5.73 Å². The number of hydrogen-bond donors (Lipinski definition) is 1. The SMILES string of the molecule is Cc1cc(N)c(Cl)cc1Sc1cc(Cl)ccc1Cl. The molecule has 0 saturated carbocycles. The van der Waals surface area contributed by atoms with Crippen molar-refractivity contribution in [3.05, 3.63) is 51.0 Å². The maximum atomic E-state index is 6.13. The molecule has 0 bridgehead atoms. The van der Waals surface area contributed by atoms with Gasteiger partial charge in [-0.3, -0.25) is 0 Å². The Morgan fingerprint density at radius 2 is 1.67 bits per heavy atom. The Bertz CT molecular complexity index is 599. The molecule has 2 aromatic rings. The van der Waals surface area contributed by atoms with Gasteiger partial charge in [-0.25, -0.2) is 0 Å². The zero-order chi connectivity index (χ0) is 13.3. The molecule has 0 radical (unpaired) electrons. The third-order valence-corrected chi connectivity index (χ3v) is 4.63. The van der Waals surface area contributed by atoms with E-state index in [1.165, 1.54) is 11.8 Å². The number of rotatable bonds is 2. The van der Waals surface area contributed by atoms with Gasteiger partial charge >= 0.3 is 0 Å². The van der Waals surface area contributed by atoms with Gasteiger partial charge in [0.1, 0.15) is 0 Å². The highest BCUT2D eigenvalue weighted by Crippen LogP contribution is 2.38. The summed E-state index contributed by atoms with van der Waals surface area (Å²) in [5.41, 5.74) is 7.38. The van der Waals surface area contributed by atoms with Gasteiger partial charge in [-0.05, 0) is 42.8 Å². The van der Waals surface area contributed by atoms with Gasteiger partial charge in [-0.1, -0.05) is 46.6 Å². The quantitative estimate of drug-likeness (QED) is 0.720. The summed E-state index contributed by atoms with van der Waals surface area (Å²) in [6.45, 7) is 1.98. The fourth-order valence-corrected chi connectivity index (χ4v) is 3.15. The number of anilines is 1. The molecule has 94 valence electrons. The van der Waals surface area contributed by atoms with Gasteiger partial charge in [0.05, 0.1) is 15.7 Å². The first-order chi connectivity index (χ1) is 8.47. The molecule has 0 aromatic heterocycles. The second kappa shape index (κ2) is 5.62. The Hall–Kier alpha value is -0.540. The summed E-state index contributed by atoms with van der Waals surface area (Å²) in [5, 5.41) is 1.86. The maximum Gasteiger partial charge on any atom is 0.0646 e. The Morgan fingerprint density at radius 1 is 0.944 bits per heavy atom. The highest BCUT2D eigenvalue weighted by Gasteiger charge is 2.08. The zero-order valence-corrected chi connectivity index (χ0v) is 12.6. The third-order valence-electron chi connectivity index (χ3n) is 2.41.